The van der Waals surface area contributed by atoms with Crippen LogP contribution in [0.2, 0.25) is 0 Å². The van der Waals surface area contributed by atoms with Gasteiger partial charge in [0.1, 0.15) is 23.2 Å². The summed E-state index contributed by atoms with van der Waals surface area (Å²) in [5.41, 5.74) is 0.913. The smallest absolute Gasteiger partial charge is 0.280 e. The van der Waals surface area contributed by atoms with Crippen LogP contribution in [0.1, 0.15) is 33.2 Å². The fourth-order valence-electron chi connectivity index (χ4n) is 3.75. The van der Waals surface area contributed by atoms with Crippen LogP contribution >= 0.6 is 0 Å². The second-order valence-electron chi connectivity index (χ2n) is 8.52. The first-order valence-corrected chi connectivity index (χ1v) is 12.4. The molecule has 0 aromatic heterocycles. The molecule has 4 aromatic rings. The maximum absolute atomic E-state index is 12.3. The molecule has 0 aliphatic heterocycles. The molecule has 1 unspecified atom stereocenters. The number of rotatable bonds is 12. The third-order valence-corrected chi connectivity index (χ3v) is 5.77. The average molecular weight is 577 g/mol. The average Bonchev–Trinajstić information content (AvgIpc) is 3.02. The van der Waals surface area contributed by atoms with Crippen molar-refractivity contribution in [1.29, 1.82) is 0 Å². The molecule has 0 heterocycles. The van der Waals surface area contributed by atoms with E-state index in [0.29, 0.717) is 22.6 Å². The number of methoxy groups -OCH3 is 2. The Morgan fingerprint density at radius 3 is 1.71 bits per heavy atom. The number of nitro benzene ring substituents is 2. The van der Waals surface area contributed by atoms with Gasteiger partial charge in [0.2, 0.25) is 0 Å². The van der Waals surface area contributed by atoms with E-state index in [9.17, 15) is 30.1 Å². The third-order valence-electron chi connectivity index (χ3n) is 5.77. The largest absolute Gasteiger partial charge is 0.468 e. The van der Waals surface area contributed by atoms with Gasteiger partial charge < -0.3 is 24.1 Å². The van der Waals surface area contributed by atoms with Crippen molar-refractivity contribution in [1.82, 2.24) is 0 Å². The number of carbonyl (C=O) groups excluding carboxylic acids is 1. The molecule has 0 saturated heterocycles. The van der Waals surface area contributed by atoms with Crippen LogP contribution in [0.3, 0.4) is 0 Å². The van der Waals surface area contributed by atoms with Crippen LogP contribution in [0.5, 0.6) is 11.5 Å². The van der Waals surface area contributed by atoms with Gasteiger partial charge in [-0.05, 0) is 54.1 Å². The number of para-hydroxylation sites is 2. The molecule has 4 rings (SSSR count). The number of ketones is 1. The van der Waals surface area contributed by atoms with Gasteiger partial charge in [0.25, 0.3) is 11.4 Å². The van der Waals surface area contributed by atoms with Crippen molar-refractivity contribution in [3.05, 3.63) is 140 Å². The fraction of sp³-hybridized carbons (Fsp3) is 0.167. The molecule has 0 saturated carbocycles. The van der Waals surface area contributed by atoms with E-state index in [0.717, 1.165) is 0 Å². The molecule has 0 aliphatic carbocycles. The summed E-state index contributed by atoms with van der Waals surface area (Å²) < 4.78 is 20.0. The number of benzene rings is 4. The summed E-state index contributed by atoms with van der Waals surface area (Å²) in [4.78, 5) is 33.2. The minimum atomic E-state index is -1.07. The summed E-state index contributed by atoms with van der Waals surface area (Å²) in [6.45, 7) is 0.240. The van der Waals surface area contributed by atoms with Crippen LogP contribution < -0.4 is 9.47 Å². The van der Waals surface area contributed by atoms with E-state index < -0.39 is 21.7 Å². The van der Waals surface area contributed by atoms with E-state index in [1.165, 1.54) is 44.6 Å². The SMILES string of the molecule is COCOc1ccc(C(=O)c2ccccc2[N+](=O)[O-])cc1.COCOc1ccc(C(O)c2ccccc2[N+](=O)[O-])cc1. The first kappa shape index (κ1) is 31.4. The quantitative estimate of drug-likeness (QED) is 0.0991. The van der Waals surface area contributed by atoms with Crippen LogP contribution in [0, 0.1) is 20.2 Å². The van der Waals surface area contributed by atoms with Crippen LogP contribution in [0.4, 0.5) is 11.4 Å². The molecule has 0 aliphatic rings. The van der Waals surface area contributed by atoms with E-state index in [1.54, 1.807) is 66.7 Å². The van der Waals surface area contributed by atoms with Crippen LogP contribution in [0.25, 0.3) is 0 Å². The topological polar surface area (TPSA) is 161 Å². The summed E-state index contributed by atoms with van der Waals surface area (Å²) in [5.74, 6) is 0.743. The lowest BCUT2D eigenvalue weighted by molar-refractivity contribution is -0.386. The van der Waals surface area contributed by atoms with Crippen molar-refractivity contribution in [3.8, 4) is 11.5 Å². The molecule has 218 valence electrons. The molecule has 1 atom stereocenters. The number of hydrogen-bond donors (Lipinski definition) is 1. The number of ether oxygens (including phenoxy) is 4. The standard InChI is InChI=1S/C15H15NO5.C15H13NO5/c2*1-20-10-21-12-8-6-11(7-9-12)15(17)13-4-2-3-5-14(13)16(18)19/h2-9,15,17H,10H2,1H3;2-9H,10H2,1H3. The lowest BCUT2D eigenvalue weighted by Gasteiger charge is -2.12. The van der Waals surface area contributed by atoms with Crippen molar-refractivity contribution in [2.75, 3.05) is 27.8 Å². The third kappa shape index (κ3) is 8.41. The molecule has 12 heteroatoms. The predicted octanol–water partition coefficient (Wildman–Crippen LogP) is 5.47. The molecule has 0 spiro atoms. The Morgan fingerprint density at radius 2 is 1.19 bits per heavy atom. The zero-order valence-corrected chi connectivity index (χ0v) is 22.7. The summed E-state index contributed by atoms with van der Waals surface area (Å²) in [5, 5.41) is 32.3. The molecule has 12 nitrogen and oxygen atoms in total. The van der Waals surface area contributed by atoms with E-state index in [1.807, 2.05) is 0 Å². The normalized spacial score (nSPS) is 11.0. The minimum absolute atomic E-state index is 0.0630. The fourth-order valence-corrected chi connectivity index (χ4v) is 3.75. The van der Waals surface area contributed by atoms with Crippen molar-refractivity contribution < 1.29 is 38.7 Å². The Hall–Kier alpha value is -5.17. The monoisotopic (exact) mass is 576 g/mol. The number of hydrogen-bond acceptors (Lipinski definition) is 10. The highest BCUT2D eigenvalue weighted by Gasteiger charge is 2.21. The molecule has 0 fully saturated rings. The molecular formula is C30H28N2O10. The number of nitrogens with zero attached hydrogens (tertiary/aromatic N) is 2. The van der Waals surface area contributed by atoms with Gasteiger partial charge in [-0.2, -0.15) is 0 Å². The van der Waals surface area contributed by atoms with Crippen LogP contribution in [0.15, 0.2) is 97.1 Å². The summed E-state index contributed by atoms with van der Waals surface area (Å²) >= 11 is 0. The van der Waals surface area contributed by atoms with Gasteiger partial charge in [-0.3, -0.25) is 25.0 Å². The maximum atomic E-state index is 12.3. The first-order chi connectivity index (χ1) is 20.3. The van der Waals surface area contributed by atoms with Crippen molar-refractivity contribution in [3.63, 3.8) is 0 Å². The molecule has 0 amide bonds. The second-order valence-corrected chi connectivity index (χ2v) is 8.52. The lowest BCUT2D eigenvalue weighted by atomic mass is 10.00. The number of aliphatic hydroxyl groups is 1. The Bertz CT molecular complexity index is 1490. The summed E-state index contributed by atoms with van der Waals surface area (Å²) in [7, 11) is 3.03. The first-order valence-electron chi connectivity index (χ1n) is 12.4. The summed E-state index contributed by atoms with van der Waals surface area (Å²) in [6, 6.07) is 25.0. The highest BCUT2D eigenvalue weighted by Crippen LogP contribution is 2.30. The molecule has 42 heavy (non-hydrogen) atoms. The Labute approximate surface area is 241 Å². The van der Waals surface area contributed by atoms with Crippen LogP contribution in [-0.4, -0.2) is 48.5 Å². The maximum Gasteiger partial charge on any atom is 0.280 e. The number of carbonyl (C=O) groups is 1. The van der Waals surface area contributed by atoms with Crippen molar-refractivity contribution >= 4 is 17.2 Å². The highest BCUT2D eigenvalue weighted by atomic mass is 16.7. The van der Waals surface area contributed by atoms with Gasteiger partial charge in [-0.25, -0.2) is 0 Å². The zero-order chi connectivity index (χ0) is 30.5. The van der Waals surface area contributed by atoms with Gasteiger partial charge in [0, 0.05) is 31.9 Å². The molecular weight excluding hydrogens is 548 g/mol. The van der Waals surface area contributed by atoms with Gasteiger partial charge in [0.15, 0.2) is 19.4 Å². The Balaban J connectivity index is 0.000000230. The van der Waals surface area contributed by atoms with E-state index in [4.69, 9.17) is 18.9 Å². The van der Waals surface area contributed by atoms with E-state index in [-0.39, 0.29) is 36.1 Å². The van der Waals surface area contributed by atoms with Gasteiger partial charge in [-0.1, -0.05) is 36.4 Å². The molecule has 0 radical (unpaired) electrons. The van der Waals surface area contributed by atoms with Crippen molar-refractivity contribution in [2.24, 2.45) is 0 Å². The van der Waals surface area contributed by atoms with Gasteiger partial charge in [-0.15, -0.1) is 0 Å². The second kappa shape index (κ2) is 15.6. The minimum Gasteiger partial charge on any atom is -0.468 e. The Morgan fingerprint density at radius 1 is 0.714 bits per heavy atom. The van der Waals surface area contributed by atoms with Gasteiger partial charge in [0.05, 0.1) is 15.4 Å². The molecule has 1 N–H and O–H groups in total. The van der Waals surface area contributed by atoms with E-state index >= 15 is 0 Å². The molecule has 4 aromatic carbocycles. The highest BCUT2D eigenvalue weighted by molar-refractivity contribution is 6.11. The lowest BCUT2D eigenvalue weighted by Crippen LogP contribution is -2.05. The summed E-state index contributed by atoms with van der Waals surface area (Å²) in [6.07, 6.45) is -1.07. The number of aliphatic hydroxyl groups excluding tert-OH is 1. The van der Waals surface area contributed by atoms with Gasteiger partial charge >= 0.3 is 0 Å². The molecule has 0 bridgehead atoms. The Kier molecular flexibility index (Phi) is 11.6. The number of nitro groups is 2. The predicted molar refractivity (Wildman–Crippen MR) is 152 cm³/mol. The zero-order valence-electron chi connectivity index (χ0n) is 22.7. The van der Waals surface area contributed by atoms with Crippen LogP contribution in [-0.2, 0) is 9.47 Å². The van der Waals surface area contributed by atoms with E-state index in [2.05, 4.69) is 0 Å². The van der Waals surface area contributed by atoms with Crippen molar-refractivity contribution in [2.45, 2.75) is 6.10 Å².